The molecule has 4 heteroatoms. The fraction of sp³-hybridized carbons (Fsp3) is 0.600. The van der Waals surface area contributed by atoms with Crippen molar-refractivity contribution in [2.24, 2.45) is 5.41 Å². The van der Waals surface area contributed by atoms with Gasteiger partial charge in [-0.05, 0) is 30.7 Å². The van der Waals surface area contributed by atoms with Gasteiger partial charge in [-0.2, -0.15) is 17.0 Å². The number of hydrogen-bond acceptors (Lipinski definition) is 2. The van der Waals surface area contributed by atoms with E-state index in [1.54, 1.807) is 0 Å². The number of thiol groups is 1. The van der Waals surface area contributed by atoms with Gasteiger partial charge in [0.25, 0.3) is 0 Å². The zero-order valence-electron chi connectivity index (χ0n) is 11.6. The molecule has 0 aliphatic carbocycles. The molecule has 1 aromatic carbocycles. The molecule has 0 spiro atoms. The average molecular weight is 288 g/mol. The summed E-state index contributed by atoms with van der Waals surface area (Å²) >= 11 is 4.41. The molecular weight excluding hydrogens is 266 g/mol. The molecule has 1 nitrogen and oxygen atoms in total. The van der Waals surface area contributed by atoms with Crippen LogP contribution in [0.3, 0.4) is 0 Å². The predicted octanol–water partition coefficient (Wildman–Crippen LogP) is 4.86. The van der Waals surface area contributed by atoms with Gasteiger partial charge in [-0.15, -0.1) is 0 Å². The Morgan fingerprint density at radius 1 is 1.16 bits per heavy atom. The Kier molecular flexibility index (Phi) is 6.63. The van der Waals surface area contributed by atoms with Crippen LogP contribution in [-0.2, 0) is 0 Å². The van der Waals surface area contributed by atoms with Crippen LogP contribution in [0.5, 0.6) is 5.75 Å². The van der Waals surface area contributed by atoms with E-state index in [-0.39, 0.29) is 11.2 Å². The van der Waals surface area contributed by atoms with Crippen LogP contribution in [0.15, 0.2) is 18.2 Å². The molecule has 0 saturated carbocycles. The van der Waals surface area contributed by atoms with Gasteiger partial charge in [0.15, 0.2) is 11.6 Å². The molecule has 0 aliphatic rings. The Hall–Kier alpha value is -0.770. The van der Waals surface area contributed by atoms with Gasteiger partial charge in [-0.1, -0.05) is 32.8 Å². The van der Waals surface area contributed by atoms with Crippen LogP contribution in [-0.4, -0.2) is 12.4 Å². The second-order valence-corrected chi connectivity index (χ2v) is 5.31. The normalized spacial score (nSPS) is 11.6. The highest BCUT2D eigenvalue weighted by Crippen LogP contribution is 2.33. The molecule has 0 aliphatic heterocycles. The Morgan fingerprint density at radius 3 is 2.32 bits per heavy atom. The number of hydrogen-bond donors (Lipinski definition) is 1. The summed E-state index contributed by atoms with van der Waals surface area (Å²) in [4.78, 5) is 0. The molecule has 0 fully saturated rings. The average Bonchev–Trinajstić information content (AvgIpc) is 2.40. The molecule has 0 aromatic heterocycles. The minimum Gasteiger partial charge on any atom is -0.490 e. The van der Waals surface area contributed by atoms with Gasteiger partial charge >= 0.3 is 0 Å². The van der Waals surface area contributed by atoms with Gasteiger partial charge in [0.1, 0.15) is 0 Å². The van der Waals surface area contributed by atoms with Crippen molar-refractivity contribution in [2.75, 3.05) is 12.4 Å². The van der Waals surface area contributed by atoms with Gasteiger partial charge in [0, 0.05) is 5.41 Å². The highest BCUT2D eigenvalue weighted by Gasteiger charge is 2.28. The molecule has 19 heavy (non-hydrogen) atoms. The molecular formula is C15H22F2OS. The second kappa shape index (κ2) is 7.73. The summed E-state index contributed by atoms with van der Waals surface area (Å²) in [6, 6.07) is 4.00. The van der Waals surface area contributed by atoms with Crippen molar-refractivity contribution in [2.45, 2.75) is 39.5 Å². The van der Waals surface area contributed by atoms with E-state index in [1.165, 1.54) is 12.1 Å². The summed E-state index contributed by atoms with van der Waals surface area (Å²) < 4.78 is 32.2. The Bertz CT molecular complexity index is 390. The molecule has 1 rings (SSSR count). The first kappa shape index (κ1) is 16.3. The lowest BCUT2D eigenvalue weighted by molar-refractivity contribution is 0.138. The van der Waals surface area contributed by atoms with E-state index in [1.807, 2.05) is 0 Å². The van der Waals surface area contributed by atoms with Gasteiger partial charge in [0.05, 0.1) is 6.61 Å². The van der Waals surface area contributed by atoms with Gasteiger partial charge in [-0.25, -0.2) is 4.39 Å². The zero-order valence-corrected chi connectivity index (χ0v) is 12.5. The minimum absolute atomic E-state index is 0.0154. The van der Waals surface area contributed by atoms with Crippen LogP contribution < -0.4 is 4.74 Å². The number of rotatable bonds is 8. The van der Waals surface area contributed by atoms with Gasteiger partial charge in [-0.3, -0.25) is 0 Å². The fourth-order valence-corrected chi connectivity index (χ4v) is 2.77. The van der Waals surface area contributed by atoms with Crippen LogP contribution in [0.25, 0.3) is 0 Å². The third kappa shape index (κ3) is 4.37. The molecule has 0 amide bonds. The Labute approximate surface area is 119 Å². The van der Waals surface area contributed by atoms with E-state index in [0.29, 0.717) is 12.4 Å². The van der Waals surface area contributed by atoms with Crippen LogP contribution in [0.2, 0.25) is 0 Å². The van der Waals surface area contributed by atoms with E-state index in [4.69, 9.17) is 4.74 Å². The molecule has 0 bridgehead atoms. The zero-order chi connectivity index (χ0) is 14.3. The maximum absolute atomic E-state index is 13.5. The van der Waals surface area contributed by atoms with Crippen molar-refractivity contribution in [3.8, 4) is 5.75 Å². The maximum atomic E-state index is 13.5. The molecule has 0 N–H and O–H groups in total. The standard InChI is InChI=1S/C15H22F2OS/c1-3-8-15(11-19,9-4-2)10-18-13-7-5-6-12(16)14(13)17/h5-7,19H,3-4,8-11H2,1-2H3. The van der Waals surface area contributed by atoms with Gasteiger partial charge < -0.3 is 4.74 Å². The first-order chi connectivity index (χ1) is 9.08. The quantitative estimate of drug-likeness (QED) is 0.672. The Morgan fingerprint density at radius 2 is 1.79 bits per heavy atom. The lowest BCUT2D eigenvalue weighted by Gasteiger charge is -2.31. The number of ether oxygens (including phenoxy) is 1. The first-order valence-electron chi connectivity index (χ1n) is 6.76. The lowest BCUT2D eigenvalue weighted by atomic mass is 9.82. The van der Waals surface area contributed by atoms with Crippen molar-refractivity contribution in [3.05, 3.63) is 29.8 Å². The summed E-state index contributed by atoms with van der Waals surface area (Å²) in [5.74, 6) is -1.12. The van der Waals surface area contributed by atoms with Crippen molar-refractivity contribution < 1.29 is 13.5 Å². The smallest absolute Gasteiger partial charge is 0.200 e. The van der Waals surface area contributed by atoms with Crippen LogP contribution in [0, 0.1) is 17.0 Å². The molecule has 0 atom stereocenters. The molecule has 0 heterocycles. The van der Waals surface area contributed by atoms with E-state index < -0.39 is 11.6 Å². The van der Waals surface area contributed by atoms with Crippen molar-refractivity contribution >= 4 is 12.6 Å². The molecule has 1 aromatic rings. The summed E-state index contributed by atoms with van der Waals surface area (Å²) in [6.45, 7) is 4.59. The SMILES string of the molecule is CCCC(CS)(CCC)COc1cccc(F)c1F. The molecule has 0 radical (unpaired) electrons. The highest BCUT2D eigenvalue weighted by atomic mass is 32.1. The summed E-state index contributed by atoms with van der Waals surface area (Å²) in [7, 11) is 0. The maximum Gasteiger partial charge on any atom is 0.200 e. The van der Waals surface area contributed by atoms with Crippen molar-refractivity contribution in [1.29, 1.82) is 0 Å². The van der Waals surface area contributed by atoms with Gasteiger partial charge in [0.2, 0.25) is 5.82 Å². The molecule has 0 saturated heterocycles. The van der Waals surface area contributed by atoms with E-state index in [0.717, 1.165) is 31.7 Å². The third-order valence-electron chi connectivity index (χ3n) is 3.35. The monoisotopic (exact) mass is 288 g/mol. The van der Waals surface area contributed by atoms with E-state index >= 15 is 0 Å². The lowest BCUT2D eigenvalue weighted by Crippen LogP contribution is -2.30. The molecule has 108 valence electrons. The summed E-state index contributed by atoms with van der Waals surface area (Å²) in [5, 5.41) is 0. The minimum atomic E-state index is -0.913. The van der Waals surface area contributed by atoms with Crippen molar-refractivity contribution in [1.82, 2.24) is 0 Å². The summed E-state index contributed by atoms with van der Waals surface area (Å²) in [6.07, 6.45) is 3.99. The summed E-state index contributed by atoms with van der Waals surface area (Å²) in [5.41, 5.74) is -0.0641. The van der Waals surface area contributed by atoms with E-state index in [2.05, 4.69) is 26.5 Å². The van der Waals surface area contributed by atoms with Crippen LogP contribution in [0.4, 0.5) is 8.78 Å². The Balaban J connectivity index is 2.77. The van der Waals surface area contributed by atoms with Crippen LogP contribution >= 0.6 is 12.6 Å². The predicted molar refractivity (Wildman–Crippen MR) is 78.0 cm³/mol. The molecule has 0 unspecified atom stereocenters. The number of benzene rings is 1. The van der Waals surface area contributed by atoms with E-state index in [9.17, 15) is 8.78 Å². The highest BCUT2D eigenvalue weighted by molar-refractivity contribution is 7.80. The number of halogens is 2. The first-order valence-corrected chi connectivity index (χ1v) is 7.39. The largest absolute Gasteiger partial charge is 0.490 e. The van der Waals surface area contributed by atoms with Crippen molar-refractivity contribution in [3.63, 3.8) is 0 Å². The fourth-order valence-electron chi connectivity index (χ4n) is 2.36. The third-order valence-corrected chi connectivity index (χ3v) is 4.02. The topological polar surface area (TPSA) is 9.23 Å². The second-order valence-electron chi connectivity index (χ2n) is 5.00. The van der Waals surface area contributed by atoms with Crippen LogP contribution in [0.1, 0.15) is 39.5 Å².